The summed E-state index contributed by atoms with van der Waals surface area (Å²) in [5.41, 5.74) is 2.16. The quantitative estimate of drug-likeness (QED) is 0.870. The largest absolute Gasteiger partial charge is 0.496 e. The third kappa shape index (κ3) is 3.48. The average molecular weight is 235 g/mol. The number of ether oxygens (including phenoxy) is 1. The SMILES string of the molecule is COc1ccc(C)cc1C(C)(C)CNC(C)=O. The van der Waals surface area contributed by atoms with E-state index in [4.69, 9.17) is 4.74 Å². The number of aryl methyl sites for hydroxylation is 1. The van der Waals surface area contributed by atoms with Crippen molar-refractivity contribution in [1.82, 2.24) is 5.32 Å². The van der Waals surface area contributed by atoms with Crippen LogP contribution in [0.5, 0.6) is 5.75 Å². The van der Waals surface area contributed by atoms with Gasteiger partial charge in [0.15, 0.2) is 0 Å². The molecule has 1 amide bonds. The van der Waals surface area contributed by atoms with Gasteiger partial charge in [0, 0.05) is 24.4 Å². The summed E-state index contributed by atoms with van der Waals surface area (Å²) in [4.78, 5) is 11.0. The first-order valence-corrected chi connectivity index (χ1v) is 5.76. The maximum Gasteiger partial charge on any atom is 0.216 e. The Morgan fingerprint density at radius 2 is 2.06 bits per heavy atom. The van der Waals surface area contributed by atoms with Gasteiger partial charge in [-0.05, 0) is 13.0 Å². The van der Waals surface area contributed by atoms with Gasteiger partial charge in [0.1, 0.15) is 5.75 Å². The second kappa shape index (κ2) is 5.21. The number of rotatable bonds is 4. The molecule has 0 fully saturated rings. The highest BCUT2D eigenvalue weighted by atomic mass is 16.5. The van der Waals surface area contributed by atoms with Crippen LogP contribution in [0.3, 0.4) is 0 Å². The van der Waals surface area contributed by atoms with Gasteiger partial charge in [-0.15, -0.1) is 0 Å². The molecular weight excluding hydrogens is 214 g/mol. The number of benzene rings is 1. The van der Waals surface area contributed by atoms with Gasteiger partial charge < -0.3 is 10.1 Å². The van der Waals surface area contributed by atoms with Crippen LogP contribution in [0.4, 0.5) is 0 Å². The Morgan fingerprint density at radius 3 is 2.59 bits per heavy atom. The normalized spacial score (nSPS) is 11.1. The fourth-order valence-electron chi connectivity index (χ4n) is 1.79. The van der Waals surface area contributed by atoms with E-state index in [1.807, 2.05) is 12.1 Å². The zero-order valence-electron chi connectivity index (χ0n) is 11.3. The zero-order valence-corrected chi connectivity index (χ0v) is 11.3. The molecule has 0 heterocycles. The van der Waals surface area contributed by atoms with E-state index in [1.54, 1.807) is 7.11 Å². The van der Waals surface area contributed by atoms with Gasteiger partial charge in [-0.25, -0.2) is 0 Å². The van der Waals surface area contributed by atoms with Gasteiger partial charge in [-0.1, -0.05) is 31.5 Å². The minimum atomic E-state index is -0.150. The van der Waals surface area contributed by atoms with E-state index in [0.717, 1.165) is 11.3 Å². The van der Waals surface area contributed by atoms with Crippen molar-refractivity contribution in [2.45, 2.75) is 33.1 Å². The molecule has 1 rings (SSSR count). The van der Waals surface area contributed by atoms with Crippen LogP contribution < -0.4 is 10.1 Å². The van der Waals surface area contributed by atoms with E-state index < -0.39 is 0 Å². The van der Waals surface area contributed by atoms with Crippen molar-refractivity contribution in [3.8, 4) is 5.75 Å². The van der Waals surface area contributed by atoms with Crippen molar-refractivity contribution in [1.29, 1.82) is 0 Å². The molecule has 1 N–H and O–H groups in total. The summed E-state index contributed by atoms with van der Waals surface area (Å²) in [6, 6.07) is 6.11. The van der Waals surface area contributed by atoms with Crippen molar-refractivity contribution in [3.63, 3.8) is 0 Å². The molecule has 0 unspecified atom stereocenters. The predicted octanol–water partition coefficient (Wildman–Crippen LogP) is 2.42. The Bertz CT molecular complexity index is 411. The van der Waals surface area contributed by atoms with Gasteiger partial charge in [-0.2, -0.15) is 0 Å². The molecule has 0 saturated carbocycles. The molecule has 17 heavy (non-hydrogen) atoms. The van der Waals surface area contributed by atoms with E-state index in [0.29, 0.717) is 6.54 Å². The van der Waals surface area contributed by atoms with Gasteiger partial charge in [0.25, 0.3) is 0 Å². The van der Waals surface area contributed by atoms with Crippen LogP contribution in [0.2, 0.25) is 0 Å². The molecule has 0 radical (unpaired) electrons. The monoisotopic (exact) mass is 235 g/mol. The third-order valence-corrected chi connectivity index (χ3v) is 2.86. The summed E-state index contributed by atoms with van der Waals surface area (Å²) in [6.07, 6.45) is 0. The minimum Gasteiger partial charge on any atom is -0.496 e. The van der Waals surface area contributed by atoms with E-state index in [-0.39, 0.29) is 11.3 Å². The molecule has 0 aromatic heterocycles. The number of hydrogen-bond acceptors (Lipinski definition) is 2. The number of methoxy groups -OCH3 is 1. The fraction of sp³-hybridized carbons (Fsp3) is 0.500. The number of carbonyl (C=O) groups is 1. The zero-order chi connectivity index (χ0) is 13.1. The molecule has 1 aromatic carbocycles. The average Bonchev–Trinajstić information content (AvgIpc) is 2.26. The van der Waals surface area contributed by atoms with Crippen molar-refractivity contribution in [3.05, 3.63) is 29.3 Å². The lowest BCUT2D eigenvalue weighted by Crippen LogP contribution is -2.35. The lowest BCUT2D eigenvalue weighted by atomic mass is 9.83. The molecule has 0 saturated heterocycles. The fourth-order valence-corrected chi connectivity index (χ4v) is 1.79. The van der Waals surface area contributed by atoms with Gasteiger partial charge in [0.05, 0.1) is 7.11 Å². The van der Waals surface area contributed by atoms with Crippen LogP contribution in [-0.2, 0) is 10.2 Å². The molecule has 0 bridgehead atoms. The highest BCUT2D eigenvalue weighted by molar-refractivity contribution is 5.73. The molecular formula is C14H21NO2. The van der Waals surface area contributed by atoms with Crippen LogP contribution >= 0.6 is 0 Å². The number of amides is 1. The Hall–Kier alpha value is -1.51. The second-order valence-electron chi connectivity index (χ2n) is 5.00. The van der Waals surface area contributed by atoms with Crippen LogP contribution in [0.25, 0.3) is 0 Å². The summed E-state index contributed by atoms with van der Waals surface area (Å²) in [5, 5.41) is 2.86. The third-order valence-electron chi connectivity index (χ3n) is 2.86. The van der Waals surface area contributed by atoms with Crippen LogP contribution in [0, 0.1) is 6.92 Å². The lowest BCUT2D eigenvalue weighted by molar-refractivity contribution is -0.119. The predicted molar refractivity (Wildman–Crippen MR) is 69.4 cm³/mol. The number of carbonyl (C=O) groups excluding carboxylic acids is 1. The minimum absolute atomic E-state index is 0.00954. The Kier molecular flexibility index (Phi) is 4.16. The molecule has 0 aliphatic heterocycles. The van der Waals surface area contributed by atoms with E-state index in [2.05, 4.69) is 32.2 Å². The number of hydrogen-bond donors (Lipinski definition) is 1. The molecule has 0 aliphatic carbocycles. The summed E-state index contributed by atoms with van der Waals surface area (Å²) >= 11 is 0. The van der Waals surface area contributed by atoms with Crippen molar-refractivity contribution in [2.24, 2.45) is 0 Å². The highest BCUT2D eigenvalue weighted by Crippen LogP contribution is 2.31. The topological polar surface area (TPSA) is 38.3 Å². The first kappa shape index (κ1) is 13.6. The standard InChI is InChI=1S/C14H21NO2/c1-10-6-7-13(17-5)12(8-10)14(3,4)9-15-11(2)16/h6-8H,9H2,1-5H3,(H,15,16). The van der Waals surface area contributed by atoms with Gasteiger partial charge >= 0.3 is 0 Å². The highest BCUT2D eigenvalue weighted by Gasteiger charge is 2.24. The van der Waals surface area contributed by atoms with Gasteiger partial charge in [-0.3, -0.25) is 4.79 Å². The van der Waals surface area contributed by atoms with Crippen LogP contribution in [-0.4, -0.2) is 19.6 Å². The molecule has 0 atom stereocenters. The van der Waals surface area contributed by atoms with Crippen molar-refractivity contribution < 1.29 is 9.53 Å². The lowest BCUT2D eigenvalue weighted by Gasteiger charge is -2.27. The molecule has 3 heteroatoms. The van der Waals surface area contributed by atoms with Crippen molar-refractivity contribution in [2.75, 3.05) is 13.7 Å². The first-order chi connectivity index (χ1) is 7.86. The van der Waals surface area contributed by atoms with Crippen molar-refractivity contribution >= 4 is 5.91 Å². The molecule has 94 valence electrons. The summed E-state index contributed by atoms with van der Waals surface area (Å²) in [7, 11) is 1.67. The summed E-state index contributed by atoms with van der Waals surface area (Å²) < 4.78 is 5.38. The summed E-state index contributed by atoms with van der Waals surface area (Å²) in [6.45, 7) is 8.38. The molecule has 3 nitrogen and oxygen atoms in total. The Labute approximate surface area is 103 Å². The smallest absolute Gasteiger partial charge is 0.216 e. The molecule has 0 spiro atoms. The van der Waals surface area contributed by atoms with E-state index in [1.165, 1.54) is 12.5 Å². The first-order valence-electron chi connectivity index (χ1n) is 5.76. The summed E-state index contributed by atoms with van der Waals surface area (Å²) in [5.74, 6) is 0.857. The second-order valence-corrected chi connectivity index (χ2v) is 5.00. The van der Waals surface area contributed by atoms with E-state index in [9.17, 15) is 4.79 Å². The van der Waals surface area contributed by atoms with E-state index >= 15 is 0 Å². The number of nitrogens with one attached hydrogen (secondary N) is 1. The Morgan fingerprint density at radius 1 is 1.41 bits per heavy atom. The van der Waals surface area contributed by atoms with Crippen LogP contribution in [0.15, 0.2) is 18.2 Å². The molecule has 1 aromatic rings. The van der Waals surface area contributed by atoms with Gasteiger partial charge in [0.2, 0.25) is 5.91 Å². The molecule has 0 aliphatic rings. The maximum absolute atomic E-state index is 11.0. The van der Waals surface area contributed by atoms with Crippen LogP contribution in [0.1, 0.15) is 31.9 Å². The maximum atomic E-state index is 11.0. The Balaban J connectivity index is 3.03.